The molecule has 3 aromatic rings. The number of carbonyl (C=O) groups is 2. The third-order valence-electron chi connectivity index (χ3n) is 3.96. The second-order valence-corrected chi connectivity index (χ2v) is 8.39. The molecule has 0 aliphatic carbocycles. The molecule has 3 rings (SSSR count). The van der Waals surface area contributed by atoms with Crippen LogP contribution < -0.4 is 5.32 Å². The van der Waals surface area contributed by atoms with E-state index in [0.29, 0.717) is 15.7 Å². The van der Waals surface area contributed by atoms with Crippen molar-refractivity contribution in [1.29, 1.82) is 0 Å². The molecular weight excluding hydrogens is 432 g/mol. The lowest BCUT2D eigenvalue weighted by Gasteiger charge is -2.21. The van der Waals surface area contributed by atoms with E-state index < -0.39 is 11.6 Å². The van der Waals surface area contributed by atoms with Gasteiger partial charge in [0.25, 0.3) is 5.91 Å². The molecule has 0 radical (unpaired) electrons. The Labute approximate surface area is 178 Å². The summed E-state index contributed by atoms with van der Waals surface area (Å²) >= 11 is 3.31. The van der Waals surface area contributed by atoms with Gasteiger partial charge < -0.3 is 10.1 Å². The second kappa shape index (κ2) is 8.57. The van der Waals surface area contributed by atoms with Gasteiger partial charge in [-0.1, -0.05) is 36.4 Å². The van der Waals surface area contributed by atoms with E-state index in [1.165, 1.54) is 6.20 Å². The molecule has 0 unspecified atom stereocenters. The molecular formula is C23H21BrN2O3. The summed E-state index contributed by atoms with van der Waals surface area (Å²) in [5.41, 5.74) is 2.24. The molecule has 148 valence electrons. The Hall–Kier alpha value is -2.99. The minimum Gasteiger partial charge on any atom is -0.456 e. The normalized spacial score (nSPS) is 11.0. The van der Waals surface area contributed by atoms with Crippen molar-refractivity contribution in [3.63, 3.8) is 0 Å². The van der Waals surface area contributed by atoms with Gasteiger partial charge in [-0.05, 0) is 66.0 Å². The molecule has 0 saturated heterocycles. The lowest BCUT2D eigenvalue weighted by atomic mass is 10.0. The molecule has 2 aromatic carbocycles. The average Bonchev–Trinajstić information content (AvgIpc) is 2.67. The Morgan fingerprint density at radius 3 is 2.34 bits per heavy atom. The number of esters is 1. The number of ether oxygens (including phenoxy) is 1. The predicted octanol–water partition coefficient (Wildman–Crippen LogP) is 5.72. The van der Waals surface area contributed by atoms with Gasteiger partial charge in [-0.2, -0.15) is 0 Å². The first-order valence-electron chi connectivity index (χ1n) is 9.08. The molecule has 1 heterocycles. The fourth-order valence-corrected chi connectivity index (χ4v) is 3.06. The van der Waals surface area contributed by atoms with Crippen molar-refractivity contribution >= 4 is 33.5 Å². The van der Waals surface area contributed by atoms with Crippen molar-refractivity contribution in [3.05, 3.63) is 82.6 Å². The number of hydrogen-bond acceptors (Lipinski definition) is 4. The topological polar surface area (TPSA) is 68.3 Å². The van der Waals surface area contributed by atoms with Crippen LogP contribution in [0.2, 0.25) is 0 Å². The molecule has 6 heteroatoms. The minimum atomic E-state index is -0.648. The van der Waals surface area contributed by atoms with Crippen LogP contribution in [-0.2, 0) is 4.74 Å². The van der Waals surface area contributed by atoms with Crippen molar-refractivity contribution in [2.24, 2.45) is 0 Å². The van der Waals surface area contributed by atoms with Gasteiger partial charge in [0.2, 0.25) is 0 Å². The fraction of sp³-hybridized carbons (Fsp3) is 0.174. The highest BCUT2D eigenvalue weighted by Gasteiger charge is 2.22. The number of rotatable bonds is 4. The quantitative estimate of drug-likeness (QED) is 0.514. The SMILES string of the molecule is CC(C)(C)OC(=O)c1ccc(-c2ccccc2)cc1NC(=O)c1cncc(Br)c1. The van der Waals surface area contributed by atoms with E-state index in [1.54, 1.807) is 45.2 Å². The third-order valence-corrected chi connectivity index (χ3v) is 4.39. The fourth-order valence-electron chi connectivity index (χ4n) is 2.70. The molecule has 0 fully saturated rings. The summed E-state index contributed by atoms with van der Waals surface area (Å²) in [6.45, 7) is 5.40. The minimum absolute atomic E-state index is 0.288. The van der Waals surface area contributed by atoms with Crippen LogP contribution in [0.1, 0.15) is 41.5 Å². The molecule has 0 spiro atoms. The first kappa shape index (κ1) is 20.7. The van der Waals surface area contributed by atoms with Gasteiger partial charge in [-0.15, -0.1) is 0 Å². The molecule has 5 nitrogen and oxygen atoms in total. The number of halogens is 1. The van der Waals surface area contributed by atoms with E-state index >= 15 is 0 Å². The highest BCUT2D eigenvalue weighted by molar-refractivity contribution is 9.10. The highest BCUT2D eigenvalue weighted by atomic mass is 79.9. The Balaban J connectivity index is 2.00. The molecule has 1 amide bonds. The predicted molar refractivity (Wildman–Crippen MR) is 117 cm³/mol. The summed E-state index contributed by atoms with van der Waals surface area (Å²) in [5, 5.41) is 2.83. The largest absolute Gasteiger partial charge is 0.456 e. The maximum absolute atomic E-state index is 12.8. The first-order chi connectivity index (χ1) is 13.7. The number of benzene rings is 2. The molecule has 0 bridgehead atoms. The summed E-state index contributed by atoms with van der Waals surface area (Å²) in [6, 6.07) is 16.7. The number of amides is 1. The van der Waals surface area contributed by atoms with Crippen molar-refractivity contribution in [3.8, 4) is 11.1 Å². The van der Waals surface area contributed by atoms with E-state index in [0.717, 1.165) is 11.1 Å². The molecule has 0 atom stereocenters. The van der Waals surface area contributed by atoms with Crippen LogP contribution in [0.4, 0.5) is 5.69 Å². The maximum Gasteiger partial charge on any atom is 0.340 e. The molecule has 0 aliphatic heterocycles. The number of nitrogens with one attached hydrogen (secondary N) is 1. The number of aromatic nitrogens is 1. The average molecular weight is 453 g/mol. The van der Waals surface area contributed by atoms with Gasteiger partial charge in [0.15, 0.2) is 0 Å². The molecule has 0 aliphatic rings. The zero-order chi connectivity index (χ0) is 21.0. The summed E-state index contributed by atoms with van der Waals surface area (Å²) in [5.74, 6) is -0.867. The van der Waals surface area contributed by atoms with Crippen molar-refractivity contribution < 1.29 is 14.3 Å². The second-order valence-electron chi connectivity index (χ2n) is 7.47. The van der Waals surface area contributed by atoms with Crippen LogP contribution in [0.3, 0.4) is 0 Å². The van der Waals surface area contributed by atoms with Gasteiger partial charge >= 0.3 is 5.97 Å². The Morgan fingerprint density at radius 1 is 0.966 bits per heavy atom. The molecule has 1 N–H and O–H groups in total. The van der Waals surface area contributed by atoms with Gasteiger partial charge in [0, 0.05) is 16.9 Å². The van der Waals surface area contributed by atoms with Crippen LogP contribution in [0.15, 0.2) is 71.5 Å². The van der Waals surface area contributed by atoms with Crippen molar-refractivity contribution in [2.45, 2.75) is 26.4 Å². The smallest absolute Gasteiger partial charge is 0.340 e. The number of nitrogens with zero attached hydrogens (tertiary/aromatic N) is 1. The summed E-state index contributed by atoms with van der Waals surface area (Å²) in [6.07, 6.45) is 3.06. The number of hydrogen-bond donors (Lipinski definition) is 1. The lowest BCUT2D eigenvalue weighted by molar-refractivity contribution is 0.00708. The number of anilines is 1. The maximum atomic E-state index is 12.8. The van der Waals surface area contributed by atoms with E-state index in [9.17, 15) is 9.59 Å². The standard InChI is InChI=1S/C23H21BrN2O3/c1-23(2,3)29-22(28)19-10-9-16(15-7-5-4-6-8-15)12-20(19)26-21(27)17-11-18(24)14-25-13-17/h4-14H,1-3H3,(H,26,27). The zero-order valence-electron chi connectivity index (χ0n) is 16.4. The lowest BCUT2D eigenvalue weighted by Crippen LogP contribution is -2.25. The number of pyridine rings is 1. The van der Waals surface area contributed by atoms with Crippen LogP contribution in [0, 0.1) is 0 Å². The van der Waals surface area contributed by atoms with Crippen LogP contribution in [0.5, 0.6) is 0 Å². The molecule has 1 aromatic heterocycles. The summed E-state index contributed by atoms with van der Waals surface area (Å²) in [7, 11) is 0. The molecule has 29 heavy (non-hydrogen) atoms. The van der Waals surface area contributed by atoms with Gasteiger partial charge in [0.1, 0.15) is 5.60 Å². The summed E-state index contributed by atoms with van der Waals surface area (Å²) in [4.78, 5) is 29.5. The zero-order valence-corrected chi connectivity index (χ0v) is 18.0. The van der Waals surface area contributed by atoms with Crippen molar-refractivity contribution in [2.75, 3.05) is 5.32 Å². The first-order valence-corrected chi connectivity index (χ1v) is 9.87. The van der Waals surface area contributed by atoms with E-state index in [-0.39, 0.29) is 11.5 Å². The third kappa shape index (κ3) is 5.51. The van der Waals surface area contributed by atoms with Crippen LogP contribution in [0.25, 0.3) is 11.1 Å². The van der Waals surface area contributed by atoms with Crippen LogP contribution in [-0.4, -0.2) is 22.5 Å². The summed E-state index contributed by atoms with van der Waals surface area (Å²) < 4.78 is 6.20. The highest BCUT2D eigenvalue weighted by Crippen LogP contribution is 2.28. The van der Waals surface area contributed by atoms with E-state index in [2.05, 4.69) is 26.2 Å². The van der Waals surface area contributed by atoms with Gasteiger partial charge in [-0.3, -0.25) is 9.78 Å². The Kier molecular flexibility index (Phi) is 6.13. The Morgan fingerprint density at radius 2 is 1.69 bits per heavy atom. The number of carbonyl (C=O) groups excluding carboxylic acids is 2. The van der Waals surface area contributed by atoms with E-state index in [1.807, 2.05) is 36.4 Å². The molecule has 0 saturated carbocycles. The Bertz CT molecular complexity index is 1040. The van der Waals surface area contributed by atoms with E-state index in [4.69, 9.17) is 4.74 Å². The van der Waals surface area contributed by atoms with Crippen LogP contribution >= 0.6 is 15.9 Å². The van der Waals surface area contributed by atoms with Crippen molar-refractivity contribution in [1.82, 2.24) is 4.98 Å². The van der Waals surface area contributed by atoms with Gasteiger partial charge in [-0.25, -0.2) is 4.79 Å². The monoisotopic (exact) mass is 452 g/mol. The van der Waals surface area contributed by atoms with Gasteiger partial charge in [0.05, 0.1) is 16.8 Å².